The normalized spacial score (nSPS) is 18.1. The van der Waals surface area contributed by atoms with Crippen molar-refractivity contribution in [1.29, 1.82) is 0 Å². The van der Waals surface area contributed by atoms with E-state index in [9.17, 15) is 5.48 Å². The number of benzene rings is 7. The number of hydrogen-bond acceptors (Lipinski definition) is 1. The number of furan rings is 1. The van der Waals surface area contributed by atoms with Crippen molar-refractivity contribution in [2.75, 3.05) is 0 Å². The summed E-state index contributed by atoms with van der Waals surface area (Å²) in [6, 6.07) is -2.31. The summed E-state index contributed by atoms with van der Waals surface area (Å²) >= 11 is 0. The van der Waals surface area contributed by atoms with Gasteiger partial charge in [-0.25, -0.2) is 0 Å². The summed E-state index contributed by atoms with van der Waals surface area (Å²) in [6.07, 6.45) is 0. The van der Waals surface area contributed by atoms with Gasteiger partial charge in [-0.2, -0.15) is 0 Å². The van der Waals surface area contributed by atoms with E-state index in [4.69, 9.17) is 23.6 Å². The van der Waals surface area contributed by atoms with Gasteiger partial charge in [-0.15, -0.1) is 0 Å². The highest BCUT2D eigenvalue weighted by Crippen LogP contribution is 2.45. The zero-order chi connectivity index (χ0) is 41.4. The molecule has 1 nitrogen and oxygen atoms in total. The number of para-hydroxylation sites is 1. The van der Waals surface area contributed by atoms with Gasteiger partial charge in [-0.1, -0.05) is 121 Å². The van der Waals surface area contributed by atoms with Crippen LogP contribution in [0.3, 0.4) is 0 Å². The Bertz CT molecular complexity index is 3120. The Morgan fingerprint density at radius 3 is 1.79 bits per heavy atom. The van der Waals surface area contributed by atoms with Gasteiger partial charge in [0.15, 0.2) is 0 Å². The van der Waals surface area contributed by atoms with Gasteiger partial charge in [0.05, 0.1) is 24.7 Å². The Kier molecular flexibility index (Phi) is 2.36. The summed E-state index contributed by atoms with van der Waals surface area (Å²) in [6.45, 7) is 0. The molecule has 0 unspecified atom stereocenters. The highest BCUT2D eigenvalue weighted by atomic mass is 16.3. The lowest BCUT2D eigenvalue weighted by atomic mass is 9.85. The van der Waals surface area contributed by atoms with Crippen molar-refractivity contribution in [1.82, 2.24) is 0 Å². The lowest BCUT2D eigenvalue weighted by Gasteiger charge is -2.18. The molecule has 8 aromatic rings. The lowest BCUT2D eigenvalue weighted by molar-refractivity contribution is 0.669. The lowest BCUT2D eigenvalue weighted by Crippen LogP contribution is -1.91. The average Bonchev–Trinajstić information content (AvgIpc) is 3.61. The molecule has 0 aliphatic carbocycles. The van der Waals surface area contributed by atoms with E-state index in [1.165, 1.54) is 0 Å². The van der Waals surface area contributed by atoms with Gasteiger partial charge < -0.3 is 4.42 Å². The quantitative estimate of drug-likeness (QED) is 0.214. The summed E-state index contributed by atoms with van der Waals surface area (Å²) < 4.78 is 164. The molecule has 1 aromatic heterocycles. The van der Waals surface area contributed by atoms with E-state index in [0.29, 0.717) is 5.56 Å². The highest BCUT2D eigenvalue weighted by molar-refractivity contribution is 6.22. The van der Waals surface area contributed by atoms with Crippen molar-refractivity contribution in [2.24, 2.45) is 0 Å². The van der Waals surface area contributed by atoms with Crippen LogP contribution in [-0.4, -0.2) is 0 Å². The van der Waals surface area contributed by atoms with Gasteiger partial charge in [-0.3, -0.25) is 0 Å². The van der Waals surface area contributed by atoms with Crippen molar-refractivity contribution >= 4 is 43.5 Å². The Morgan fingerprint density at radius 1 is 0.385 bits per heavy atom. The second-order valence-electron chi connectivity index (χ2n) is 8.70. The van der Waals surface area contributed by atoms with Crippen molar-refractivity contribution < 1.29 is 29.1 Å². The molecule has 182 valence electrons. The molecular weight excluding hydrogens is 472 g/mol. The molecule has 0 spiro atoms. The first-order chi connectivity index (χ1) is 26.8. The topological polar surface area (TPSA) is 13.1 Å². The second-order valence-corrected chi connectivity index (χ2v) is 8.70. The second kappa shape index (κ2) is 8.72. The zero-order valence-corrected chi connectivity index (χ0v) is 19.9. The van der Waals surface area contributed by atoms with Gasteiger partial charge in [-0.05, 0) is 79.1 Å². The van der Waals surface area contributed by atoms with E-state index in [2.05, 4.69) is 0 Å². The van der Waals surface area contributed by atoms with Crippen LogP contribution in [0.15, 0.2) is 150 Å². The highest BCUT2D eigenvalue weighted by Gasteiger charge is 2.17. The molecule has 1 heterocycles. The van der Waals surface area contributed by atoms with Crippen molar-refractivity contribution in [2.45, 2.75) is 0 Å². The molecule has 0 fully saturated rings. The molecule has 0 radical (unpaired) electrons. The number of fused-ring (bicyclic) bond motifs is 5. The molecule has 39 heavy (non-hydrogen) atoms. The molecule has 0 aliphatic heterocycles. The van der Waals surface area contributed by atoms with Crippen LogP contribution in [0.1, 0.15) is 24.7 Å². The fourth-order valence-electron chi connectivity index (χ4n) is 4.86. The Balaban J connectivity index is 1.68. The summed E-state index contributed by atoms with van der Waals surface area (Å²) in [5, 5.41) is -1.36. The molecule has 0 atom stereocenters. The molecule has 0 saturated heterocycles. The van der Waals surface area contributed by atoms with Crippen LogP contribution in [0.25, 0.3) is 76.9 Å². The predicted molar refractivity (Wildman–Crippen MR) is 165 cm³/mol. The van der Waals surface area contributed by atoms with Gasteiger partial charge in [0.1, 0.15) is 11.2 Å². The number of rotatable bonds is 3. The van der Waals surface area contributed by atoms with E-state index in [1.54, 1.807) is 30.3 Å². The van der Waals surface area contributed by atoms with Crippen LogP contribution in [-0.2, 0) is 0 Å². The van der Waals surface area contributed by atoms with Crippen molar-refractivity contribution in [3.63, 3.8) is 0 Å². The SMILES string of the molecule is [2H]c1c([2H])c([2H])c(-c2c3c([2H])cc(-c4c([2H])c([2H])c5oc6c([2H])c([2H])c([2H])c([2H])c6c5c4[2H])c([2H])c3c(-c3ccccc3)c3c([2H])c([2H])c([2H])c([2H])c23)c([2H])c1[2H]. The van der Waals surface area contributed by atoms with Crippen molar-refractivity contribution in [3.8, 4) is 33.4 Å². The smallest absolute Gasteiger partial charge is 0.135 e. The Morgan fingerprint density at radius 2 is 1.00 bits per heavy atom. The maximum Gasteiger partial charge on any atom is 0.135 e. The van der Waals surface area contributed by atoms with E-state index in [1.807, 2.05) is 0 Å². The summed E-state index contributed by atoms with van der Waals surface area (Å²) in [4.78, 5) is 0. The largest absolute Gasteiger partial charge is 0.456 e. The predicted octanol–water partition coefficient (Wildman–Crippen LogP) is 10.9. The van der Waals surface area contributed by atoms with Crippen molar-refractivity contribution in [3.05, 3.63) is 145 Å². The minimum Gasteiger partial charge on any atom is -0.456 e. The minimum atomic E-state index is -0.756. The third kappa shape index (κ3) is 3.48. The Hall–Kier alpha value is -5.14. The van der Waals surface area contributed by atoms with Crippen LogP contribution in [0.5, 0.6) is 0 Å². The molecule has 0 saturated carbocycles. The monoisotopic (exact) mass is 514 g/mol. The molecular formula is C38H24O. The number of hydrogen-bond donors (Lipinski definition) is 0. The maximum absolute atomic E-state index is 9.83. The summed E-state index contributed by atoms with van der Waals surface area (Å²) in [5.41, 5.74) is -1.89. The van der Waals surface area contributed by atoms with Gasteiger partial charge in [0, 0.05) is 10.8 Å². The third-order valence-electron chi connectivity index (χ3n) is 6.53. The molecule has 0 amide bonds. The molecule has 1 heteroatoms. The van der Waals surface area contributed by atoms with E-state index >= 15 is 0 Å². The maximum atomic E-state index is 9.83. The van der Waals surface area contributed by atoms with Crippen LogP contribution in [0.4, 0.5) is 0 Å². The molecule has 0 aliphatic rings. The van der Waals surface area contributed by atoms with E-state index in [-0.39, 0.29) is 65.7 Å². The average molecular weight is 515 g/mol. The first-order valence-electron chi connectivity index (χ1n) is 20.9. The third-order valence-corrected chi connectivity index (χ3v) is 6.53. The van der Waals surface area contributed by atoms with Crippen LogP contribution < -0.4 is 0 Å². The van der Waals surface area contributed by atoms with Gasteiger partial charge >= 0.3 is 0 Å². The van der Waals surface area contributed by atoms with Crippen LogP contribution in [0.2, 0.25) is 0 Å². The Labute approximate surface area is 251 Å². The van der Waals surface area contributed by atoms with Crippen LogP contribution >= 0.6 is 0 Å². The standard InChI is InChI=1S/C38H24O/c1-3-11-25(12-4-1)37-30-16-7-8-17-31(30)38(26-13-5-2-6-14-26)34-24-27(19-21-32(34)37)28-20-22-36-33(23-28)29-15-9-10-18-35(29)39-36/h1-24H/i1D,3D,4D,7D,8D,9D,10D,11D,12D,15D,16D,17D,18D,20D,21D,22D,23D,24D. The van der Waals surface area contributed by atoms with E-state index in [0.717, 1.165) is 6.07 Å². The molecule has 8 rings (SSSR count). The van der Waals surface area contributed by atoms with Gasteiger partial charge in [0.2, 0.25) is 0 Å². The first-order valence-corrected chi connectivity index (χ1v) is 11.9. The molecule has 0 N–H and O–H groups in total. The van der Waals surface area contributed by atoms with Crippen LogP contribution in [0, 0.1) is 0 Å². The molecule has 7 aromatic carbocycles. The molecule has 0 bridgehead atoms. The minimum absolute atomic E-state index is 0.0113. The van der Waals surface area contributed by atoms with E-state index < -0.39 is 114 Å². The van der Waals surface area contributed by atoms with Gasteiger partial charge in [0.25, 0.3) is 0 Å². The first kappa shape index (κ1) is 10.6. The summed E-state index contributed by atoms with van der Waals surface area (Å²) in [5.74, 6) is 0. The fraction of sp³-hybridized carbons (Fsp3) is 0. The fourth-order valence-corrected chi connectivity index (χ4v) is 4.86. The zero-order valence-electron chi connectivity index (χ0n) is 37.9. The summed E-state index contributed by atoms with van der Waals surface area (Å²) in [7, 11) is 0.